The highest BCUT2D eigenvalue weighted by Crippen LogP contribution is 2.15. The van der Waals surface area contributed by atoms with Gasteiger partial charge in [0.05, 0.1) is 13.2 Å². The molecule has 1 aliphatic rings. The monoisotopic (exact) mass is 281 g/mol. The minimum atomic E-state index is 0.113. The Bertz CT molecular complexity index is 430. The van der Waals surface area contributed by atoms with E-state index in [4.69, 9.17) is 16.3 Å². The zero-order chi connectivity index (χ0) is 13.7. The third-order valence-electron chi connectivity index (χ3n) is 3.38. The molecule has 1 heterocycles. The Morgan fingerprint density at radius 2 is 2.37 bits per heavy atom. The molecule has 2 rings (SSSR count). The van der Waals surface area contributed by atoms with Gasteiger partial charge in [0.15, 0.2) is 5.78 Å². The van der Waals surface area contributed by atoms with Crippen LogP contribution in [0.2, 0.25) is 5.02 Å². The van der Waals surface area contributed by atoms with Gasteiger partial charge in [0.2, 0.25) is 0 Å². The smallest absolute Gasteiger partial charge is 0.176 e. The van der Waals surface area contributed by atoms with Crippen molar-refractivity contribution in [2.75, 3.05) is 33.4 Å². The van der Waals surface area contributed by atoms with Crippen molar-refractivity contribution in [3.63, 3.8) is 0 Å². The van der Waals surface area contributed by atoms with Gasteiger partial charge in [-0.2, -0.15) is 0 Å². The van der Waals surface area contributed by atoms with Crippen LogP contribution in [0.1, 0.15) is 23.2 Å². The van der Waals surface area contributed by atoms with E-state index in [-0.39, 0.29) is 5.78 Å². The van der Waals surface area contributed by atoms with Crippen molar-refractivity contribution in [3.8, 4) is 0 Å². The number of carbonyl (C=O) groups excluding carboxylic acids is 1. The van der Waals surface area contributed by atoms with E-state index in [0.717, 1.165) is 26.2 Å². The SMILES string of the molecule is CN(CC(=O)c1cccc(Cl)c1)CC1CCCOC1. The van der Waals surface area contributed by atoms with Crippen LogP contribution in [0.25, 0.3) is 0 Å². The molecule has 0 saturated carbocycles. The first kappa shape index (κ1) is 14.5. The highest BCUT2D eigenvalue weighted by atomic mass is 35.5. The lowest BCUT2D eigenvalue weighted by Gasteiger charge is -2.26. The molecule has 1 fully saturated rings. The Kier molecular flexibility index (Phi) is 5.37. The van der Waals surface area contributed by atoms with Gasteiger partial charge in [-0.3, -0.25) is 9.69 Å². The maximum atomic E-state index is 12.1. The largest absolute Gasteiger partial charge is 0.381 e. The Hall–Kier alpha value is -0.900. The molecule has 0 N–H and O–H groups in total. The maximum absolute atomic E-state index is 12.1. The van der Waals surface area contributed by atoms with Crippen LogP contribution in [-0.2, 0) is 4.74 Å². The van der Waals surface area contributed by atoms with Gasteiger partial charge in [-0.25, -0.2) is 0 Å². The van der Waals surface area contributed by atoms with Crippen LogP contribution in [0.3, 0.4) is 0 Å². The van der Waals surface area contributed by atoms with E-state index in [1.54, 1.807) is 12.1 Å². The number of hydrogen-bond donors (Lipinski definition) is 0. The fraction of sp³-hybridized carbons (Fsp3) is 0.533. The number of halogens is 1. The average Bonchev–Trinajstić information content (AvgIpc) is 2.39. The average molecular weight is 282 g/mol. The van der Waals surface area contributed by atoms with E-state index in [9.17, 15) is 4.79 Å². The maximum Gasteiger partial charge on any atom is 0.176 e. The van der Waals surface area contributed by atoms with E-state index >= 15 is 0 Å². The zero-order valence-corrected chi connectivity index (χ0v) is 12.0. The van der Waals surface area contributed by atoms with Crippen LogP contribution in [0.5, 0.6) is 0 Å². The molecule has 1 unspecified atom stereocenters. The van der Waals surface area contributed by atoms with Gasteiger partial charge in [0, 0.05) is 23.7 Å². The number of likely N-dealkylation sites (N-methyl/N-ethyl adjacent to an activating group) is 1. The highest BCUT2D eigenvalue weighted by molar-refractivity contribution is 6.31. The lowest BCUT2D eigenvalue weighted by atomic mass is 10.0. The minimum absolute atomic E-state index is 0.113. The van der Waals surface area contributed by atoms with Crippen molar-refractivity contribution in [2.45, 2.75) is 12.8 Å². The molecule has 0 aliphatic carbocycles. The van der Waals surface area contributed by atoms with Gasteiger partial charge in [0.25, 0.3) is 0 Å². The van der Waals surface area contributed by atoms with Crippen LogP contribution in [0.15, 0.2) is 24.3 Å². The predicted octanol–water partition coefficient (Wildman–Crippen LogP) is 2.88. The summed E-state index contributed by atoms with van der Waals surface area (Å²) in [6.07, 6.45) is 2.32. The first-order valence-corrected chi connectivity index (χ1v) is 7.08. The standard InChI is InChI=1S/C15H20ClNO2/c1-17(9-12-4-3-7-19-11-12)10-15(18)13-5-2-6-14(16)8-13/h2,5-6,8,12H,3-4,7,9-11H2,1H3. The minimum Gasteiger partial charge on any atom is -0.381 e. The summed E-state index contributed by atoms with van der Waals surface area (Å²) < 4.78 is 5.46. The van der Waals surface area contributed by atoms with E-state index in [1.165, 1.54) is 6.42 Å². The third-order valence-corrected chi connectivity index (χ3v) is 3.62. The number of rotatable bonds is 5. The summed E-state index contributed by atoms with van der Waals surface area (Å²) in [6.45, 7) is 3.03. The van der Waals surface area contributed by atoms with Gasteiger partial charge < -0.3 is 4.74 Å². The lowest BCUT2D eigenvalue weighted by Crippen LogP contribution is -2.34. The second-order valence-corrected chi connectivity index (χ2v) is 5.65. The van der Waals surface area contributed by atoms with E-state index in [0.29, 0.717) is 23.0 Å². The number of hydrogen-bond acceptors (Lipinski definition) is 3. The Labute approximate surface area is 119 Å². The molecule has 0 amide bonds. The summed E-state index contributed by atoms with van der Waals surface area (Å²) in [4.78, 5) is 14.2. The van der Waals surface area contributed by atoms with E-state index in [1.807, 2.05) is 19.2 Å². The van der Waals surface area contributed by atoms with E-state index < -0.39 is 0 Å². The van der Waals surface area contributed by atoms with Crippen molar-refractivity contribution in [2.24, 2.45) is 5.92 Å². The van der Waals surface area contributed by atoms with Crippen LogP contribution < -0.4 is 0 Å². The molecule has 104 valence electrons. The van der Waals surface area contributed by atoms with E-state index in [2.05, 4.69) is 4.90 Å². The second-order valence-electron chi connectivity index (χ2n) is 5.21. The van der Waals surface area contributed by atoms with Crippen molar-refractivity contribution in [1.29, 1.82) is 0 Å². The van der Waals surface area contributed by atoms with Crippen molar-refractivity contribution in [1.82, 2.24) is 4.90 Å². The molecule has 1 saturated heterocycles. The number of nitrogens with zero attached hydrogens (tertiary/aromatic N) is 1. The van der Waals surface area contributed by atoms with Crippen molar-refractivity contribution >= 4 is 17.4 Å². The molecule has 4 heteroatoms. The topological polar surface area (TPSA) is 29.5 Å². The molecule has 1 aromatic rings. The molecule has 3 nitrogen and oxygen atoms in total. The summed E-state index contributed by atoms with van der Waals surface area (Å²) in [5.74, 6) is 0.660. The highest BCUT2D eigenvalue weighted by Gasteiger charge is 2.17. The van der Waals surface area contributed by atoms with Crippen LogP contribution >= 0.6 is 11.6 Å². The van der Waals surface area contributed by atoms with Gasteiger partial charge in [-0.15, -0.1) is 0 Å². The summed E-state index contributed by atoms with van der Waals surface area (Å²) in [7, 11) is 1.98. The quantitative estimate of drug-likeness (QED) is 0.777. The Morgan fingerprint density at radius 3 is 3.05 bits per heavy atom. The molecular formula is C15H20ClNO2. The van der Waals surface area contributed by atoms with Crippen LogP contribution in [-0.4, -0.2) is 44.0 Å². The Balaban J connectivity index is 1.84. The third kappa shape index (κ3) is 4.60. The van der Waals surface area contributed by atoms with Gasteiger partial charge in [0.1, 0.15) is 0 Å². The number of Topliss-reactive ketones (excluding diaryl/α,β-unsaturated/α-hetero) is 1. The first-order chi connectivity index (χ1) is 9.15. The van der Waals surface area contributed by atoms with Crippen LogP contribution in [0.4, 0.5) is 0 Å². The molecule has 1 atom stereocenters. The summed E-state index contributed by atoms with van der Waals surface area (Å²) in [6, 6.07) is 7.12. The Morgan fingerprint density at radius 1 is 1.53 bits per heavy atom. The fourth-order valence-corrected chi connectivity index (χ4v) is 2.65. The van der Waals surface area contributed by atoms with Crippen molar-refractivity contribution in [3.05, 3.63) is 34.9 Å². The zero-order valence-electron chi connectivity index (χ0n) is 11.3. The summed E-state index contributed by atoms with van der Waals surface area (Å²) >= 11 is 5.90. The lowest BCUT2D eigenvalue weighted by molar-refractivity contribution is 0.0416. The van der Waals surface area contributed by atoms with Gasteiger partial charge >= 0.3 is 0 Å². The summed E-state index contributed by atoms with van der Waals surface area (Å²) in [5.41, 5.74) is 0.680. The summed E-state index contributed by atoms with van der Waals surface area (Å²) in [5, 5.41) is 0.606. The van der Waals surface area contributed by atoms with Gasteiger partial charge in [-0.1, -0.05) is 23.7 Å². The molecule has 19 heavy (non-hydrogen) atoms. The molecule has 0 radical (unpaired) electrons. The molecule has 0 spiro atoms. The number of carbonyl (C=O) groups is 1. The molecule has 1 aliphatic heterocycles. The molecule has 1 aromatic carbocycles. The molecular weight excluding hydrogens is 262 g/mol. The van der Waals surface area contributed by atoms with Crippen molar-refractivity contribution < 1.29 is 9.53 Å². The first-order valence-electron chi connectivity index (χ1n) is 6.70. The number of benzene rings is 1. The second kappa shape index (κ2) is 7.04. The van der Waals surface area contributed by atoms with Crippen LogP contribution in [0, 0.1) is 5.92 Å². The number of ether oxygens (including phenoxy) is 1. The normalized spacial score (nSPS) is 19.6. The molecule has 0 aromatic heterocycles. The van der Waals surface area contributed by atoms with Gasteiger partial charge in [-0.05, 0) is 37.9 Å². The fourth-order valence-electron chi connectivity index (χ4n) is 2.46. The molecule has 0 bridgehead atoms. The number of ketones is 1. The predicted molar refractivity (Wildman–Crippen MR) is 76.8 cm³/mol.